The van der Waals surface area contributed by atoms with E-state index in [0.29, 0.717) is 0 Å². The van der Waals surface area contributed by atoms with Crippen molar-refractivity contribution in [3.8, 4) is 11.4 Å². The van der Waals surface area contributed by atoms with Crippen LogP contribution in [0.25, 0.3) is 11.4 Å². The summed E-state index contributed by atoms with van der Waals surface area (Å²) in [6, 6.07) is 42.8. The molecule has 0 bridgehead atoms. The molecule has 0 unspecified atom stereocenters. The smallest absolute Gasteiger partial charge is 0.292 e. The van der Waals surface area contributed by atoms with E-state index in [1.807, 2.05) is 0 Å². The summed E-state index contributed by atoms with van der Waals surface area (Å²) in [6.07, 6.45) is 4.57. The molecule has 0 aliphatic carbocycles. The lowest BCUT2D eigenvalue weighted by atomic mass is 9.33. The van der Waals surface area contributed by atoms with E-state index in [0.717, 1.165) is 6.54 Å². The number of fused-ring (bicyclic) bond motifs is 2. The number of aromatic nitrogens is 2. The maximum atomic E-state index is 2.67. The van der Waals surface area contributed by atoms with Crippen LogP contribution >= 0.6 is 0 Å². The minimum atomic E-state index is -0.602. The monoisotopic (exact) mass is 526 g/mol. The van der Waals surface area contributed by atoms with E-state index >= 15 is 0 Å². The summed E-state index contributed by atoms with van der Waals surface area (Å²) < 4.78 is 4.98. The van der Waals surface area contributed by atoms with E-state index < -0.39 is 5.66 Å². The Balaban J connectivity index is 1.49. The Morgan fingerprint density at radius 2 is 1.34 bits per heavy atom. The van der Waals surface area contributed by atoms with Gasteiger partial charge in [-0.3, -0.25) is 4.90 Å². The summed E-state index contributed by atoms with van der Waals surface area (Å²) in [6.45, 7) is 5.60. The van der Waals surface area contributed by atoms with E-state index in [1.165, 1.54) is 67.0 Å². The largest absolute Gasteiger partial charge is 0.294 e. The maximum Gasteiger partial charge on any atom is 0.294 e. The minimum Gasteiger partial charge on any atom is -0.292 e. The molecule has 9 rings (SSSR count). The molecule has 0 radical (unpaired) electrons. The third kappa shape index (κ3) is 2.77. The molecule has 0 atom stereocenters. The van der Waals surface area contributed by atoms with E-state index in [4.69, 9.17) is 0 Å². The highest BCUT2D eigenvalue weighted by molar-refractivity contribution is 6.98. The standard InChI is InChI=1S/C37H29BN3/c1-25-12-11-13-26(2)34(25)38-30-18-9-10-19-32(30)41-35-31(38)21-20-27-24-39-22-23-40(36(39)33(27)35)37(41,28-14-5-3-6-15-28)29-16-7-4-8-17-29/h3-23H,24H2,1-2H3/q+1. The van der Waals surface area contributed by atoms with Crippen molar-refractivity contribution in [2.45, 2.75) is 26.1 Å². The molecular formula is C37H29BN3+. The number of nitrogens with zero attached hydrogens (tertiary/aromatic N) is 3. The minimum absolute atomic E-state index is 0.156. The SMILES string of the molecule is Cc1cccc(C)c1B1c2ccccc2N2c3c1ccc1c3-c3n(cc[n+]3C1)C2(c1ccccc1)c1ccccc1. The number of aryl methyl sites for hydroxylation is 2. The Bertz CT molecular complexity index is 1950. The van der Waals surface area contributed by atoms with Gasteiger partial charge in [-0.1, -0.05) is 126 Å². The molecular weight excluding hydrogens is 497 g/mol. The van der Waals surface area contributed by atoms with Crippen LogP contribution in [0, 0.1) is 13.8 Å². The first-order valence-corrected chi connectivity index (χ1v) is 14.5. The maximum absolute atomic E-state index is 2.67. The summed E-state index contributed by atoms with van der Waals surface area (Å²) in [7, 11) is 0. The fraction of sp³-hybridized carbons (Fsp3) is 0.108. The van der Waals surface area contributed by atoms with Crippen LogP contribution in [-0.2, 0) is 12.2 Å². The second kappa shape index (κ2) is 8.11. The van der Waals surface area contributed by atoms with Gasteiger partial charge in [-0.15, -0.1) is 0 Å². The molecule has 0 fully saturated rings. The van der Waals surface area contributed by atoms with Crippen LogP contribution in [0.15, 0.2) is 128 Å². The quantitative estimate of drug-likeness (QED) is 0.229. The van der Waals surface area contributed by atoms with Gasteiger partial charge in [0.25, 0.3) is 5.82 Å². The van der Waals surface area contributed by atoms with E-state index in [-0.39, 0.29) is 6.71 Å². The lowest BCUT2D eigenvalue weighted by Crippen LogP contribution is -2.65. The Morgan fingerprint density at radius 3 is 2.05 bits per heavy atom. The molecule has 5 aromatic carbocycles. The molecule has 3 aliphatic rings. The van der Waals surface area contributed by atoms with Gasteiger partial charge in [0.2, 0.25) is 12.4 Å². The highest BCUT2D eigenvalue weighted by atomic mass is 15.4. The van der Waals surface area contributed by atoms with Gasteiger partial charge in [0, 0.05) is 22.4 Å². The third-order valence-corrected chi connectivity index (χ3v) is 9.63. The zero-order chi connectivity index (χ0) is 27.3. The molecule has 4 heterocycles. The molecule has 0 spiro atoms. The zero-order valence-electron chi connectivity index (χ0n) is 23.3. The van der Waals surface area contributed by atoms with Crippen molar-refractivity contribution in [2.75, 3.05) is 4.90 Å². The van der Waals surface area contributed by atoms with Crippen molar-refractivity contribution in [1.82, 2.24) is 4.57 Å². The van der Waals surface area contributed by atoms with Crippen LogP contribution in [-0.4, -0.2) is 11.3 Å². The van der Waals surface area contributed by atoms with Gasteiger partial charge < -0.3 is 0 Å². The number of para-hydroxylation sites is 1. The molecule has 0 saturated heterocycles. The number of hydrogen-bond donors (Lipinski definition) is 0. The van der Waals surface area contributed by atoms with Crippen molar-refractivity contribution in [3.63, 3.8) is 0 Å². The van der Waals surface area contributed by atoms with Crippen LogP contribution in [0.4, 0.5) is 11.4 Å². The molecule has 3 nitrogen and oxygen atoms in total. The molecule has 0 N–H and O–H groups in total. The Hall–Kier alpha value is -4.83. The second-order valence-corrected chi connectivity index (χ2v) is 11.7. The van der Waals surface area contributed by atoms with E-state index in [1.54, 1.807) is 0 Å². The van der Waals surface area contributed by atoms with Crippen molar-refractivity contribution < 1.29 is 4.57 Å². The lowest BCUT2D eigenvalue weighted by molar-refractivity contribution is -0.671. The molecule has 194 valence electrons. The van der Waals surface area contributed by atoms with Gasteiger partial charge in [0.05, 0.1) is 11.3 Å². The van der Waals surface area contributed by atoms with Crippen LogP contribution in [0.1, 0.15) is 27.8 Å². The molecule has 6 aromatic rings. The number of rotatable bonds is 3. The fourth-order valence-corrected chi connectivity index (χ4v) is 8.07. The van der Waals surface area contributed by atoms with Crippen LogP contribution in [0.2, 0.25) is 0 Å². The normalized spacial score (nSPS) is 15.1. The fourth-order valence-electron chi connectivity index (χ4n) is 8.07. The van der Waals surface area contributed by atoms with Gasteiger partial charge in [0.1, 0.15) is 18.9 Å². The first-order valence-electron chi connectivity index (χ1n) is 14.5. The Morgan fingerprint density at radius 1 is 0.683 bits per heavy atom. The highest BCUT2D eigenvalue weighted by Gasteiger charge is 2.59. The van der Waals surface area contributed by atoms with Gasteiger partial charge in [-0.05, 0) is 30.8 Å². The predicted molar refractivity (Wildman–Crippen MR) is 167 cm³/mol. The van der Waals surface area contributed by atoms with Crippen LogP contribution in [0.5, 0.6) is 0 Å². The molecule has 0 saturated carbocycles. The number of imidazole rings is 1. The van der Waals surface area contributed by atoms with Gasteiger partial charge >= 0.3 is 0 Å². The third-order valence-electron chi connectivity index (χ3n) is 9.63. The van der Waals surface area contributed by atoms with Crippen molar-refractivity contribution in [3.05, 3.63) is 155 Å². The number of benzene rings is 5. The zero-order valence-corrected chi connectivity index (χ0v) is 23.3. The second-order valence-electron chi connectivity index (χ2n) is 11.7. The molecule has 4 heteroatoms. The lowest BCUT2D eigenvalue weighted by Gasteiger charge is -2.50. The molecule has 0 amide bonds. The average molecular weight is 526 g/mol. The van der Waals surface area contributed by atoms with E-state index in [9.17, 15) is 0 Å². The first kappa shape index (κ1) is 22.9. The predicted octanol–water partition coefficient (Wildman–Crippen LogP) is 5.15. The number of anilines is 2. The van der Waals surface area contributed by atoms with Gasteiger partial charge in [-0.25, -0.2) is 4.57 Å². The summed E-state index contributed by atoms with van der Waals surface area (Å²) >= 11 is 0. The molecule has 3 aliphatic heterocycles. The molecule has 41 heavy (non-hydrogen) atoms. The molecule has 1 aromatic heterocycles. The topological polar surface area (TPSA) is 12.1 Å². The van der Waals surface area contributed by atoms with Gasteiger partial charge in [0.15, 0.2) is 0 Å². The highest BCUT2D eigenvalue weighted by Crippen LogP contribution is 2.54. The van der Waals surface area contributed by atoms with Crippen LogP contribution in [0.3, 0.4) is 0 Å². The summed E-state index contributed by atoms with van der Waals surface area (Å²) in [5, 5.41) is 0. The number of hydrogen-bond acceptors (Lipinski definition) is 1. The van der Waals surface area contributed by atoms with Crippen molar-refractivity contribution >= 4 is 34.5 Å². The van der Waals surface area contributed by atoms with E-state index in [2.05, 4.69) is 156 Å². The summed E-state index contributed by atoms with van der Waals surface area (Å²) in [5.41, 5.74) is 14.1. The van der Waals surface area contributed by atoms with Gasteiger partial charge in [-0.2, -0.15) is 4.57 Å². The van der Waals surface area contributed by atoms with Crippen molar-refractivity contribution in [2.24, 2.45) is 0 Å². The average Bonchev–Trinajstić information content (AvgIpc) is 3.60. The Labute approximate surface area is 241 Å². The summed E-state index contributed by atoms with van der Waals surface area (Å²) in [4.78, 5) is 2.67. The van der Waals surface area contributed by atoms with Crippen molar-refractivity contribution in [1.29, 1.82) is 0 Å². The first-order chi connectivity index (χ1) is 20.2. The Kier molecular flexibility index (Phi) is 4.54. The summed E-state index contributed by atoms with van der Waals surface area (Å²) in [5.74, 6) is 1.29. The van der Waals surface area contributed by atoms with Crippen LogP contribution < -0.4 is 25.9 Å².